The van der Waals surface area contributed by atoms with Gasteiger partial charge in [0.15, 0.2) is 0 Å². The summed E-state index contributed by atoms with van der Waals surface area (Å²) in [4.78, 5) is 0. The van der Waals surface area contributed by atoms with Crippen molar-refractivity contribution in [1.82, 2.24) is 0 Å². The van der Waals surface area contributed by atoms with Crippen LogP contribution in [0, 0.1) is 5.41 Å². The van der Waals surface area contributed by atoms with E-state index in [4.69, 9.17) is 9.05 Å². The van der Waals surface area contributed by atoms with Gasteiger partial charge in [0.1, 0.15) is 0 Å². The van der Waals surface area contributed by atoms with Crippen LogP contribution < -0.4 is 0 Å². The quantitative estimate of drug-likeness (QED) is 0.626. The van der Waals surface area contributed by atoms with Gasteiger partial charge in [-0.25, -0.2) is 0 Å². The van der Waals surface area contributed by atoms with Crippen LogP contribution in [-0.4, -0.2) is 20.4 Å². The highest BCUT2D eigenvalue weighted by Crippen LogP contribution is 2.50. The third-order valence-corrected chi connectivity index (χ3v) is 3.67. The van der Waals surface area contributed by atoms with Gasteiger partial charge in [-0.15, -0.1) is 0 Å². The van der Waals surface area contributed by atoms with Gasteiger partial charge in [0.25, 0.3) is 0 Å². The first-order valence-corrected chi connectivity index (χ1v) is 5.26. The highest BCUT2D eigenvalue weighted by atomic mass is 31.2. The molecule has 0 saturated carbocycles. The van der Waals surface area contributed by atoms with E-state index >= 15 is 0 Å². The molecule has 0 aromatic rings. The predicted octanol–water partition coefficient (Wildman–Crippen LogP) is 2.52. The minimum atomic E-state index is -2.80. The molecule has 0 aliphatic carbocycles. The molecule has 11 heavy (non-hydrogen) atoms. The van der Waals surface area contributed by atoms with Gasteiger partial charge >= 0.3 is 7.60 Å². The van der Waals surface area contributed by atoms with Crippen LogP contribution >= 0.6 is 7.60 Å². The Morgan fingerprint density at radius 1 is 1.18 bits per heavy atom. The molecule has 0 radical (unpaired) electrons. The highest BCUT2D eigenvalue weighted by molar-refractivity contribution is 7.53. The summed E-state index contributed by atoms with van der Waals surface area (Å²) >= 11 is 0. The fourth-order valence-electron chi connectivity index (χ4n) is 0.785. The van der Waals surface area contributed by atoms with E-state index in [2.05, 4.69) is 0 Å². The van der Waals surface area contributed by atoms with Gasteiger partial charge in [0.05, 0.1) is 6.16 Å². The Balaban J connectivity index is 4.21. The molecule has 3 nitrogen and oxygen atoms in total. The van der Waals surface area contributed by atoms with Crippen LogP contribution in [0.2, 0.25) is 0 Å². The van der Waals surface area contributed by atoms with Crippen molar-refractivity contribution < 1.29 is 13.6 Å². The van der Waals surface area contributed by atoms with Gasteiger partial charge < -0.3 is 9.05 Å². The zero-order chi connectivity index (χ0) is 9.12. The topological polar surface area (TPSA) is 35.5 Å². The first-order chi connectivity index (χ1) is 4.83. The SMILES string of the molecule is COP(=O)(CC(C)(C)C)OC. The Hall–Kier alpha value is 0.150. The van der Waals surface area contributed by atoms with Crippen molar-refractivity contribution in [3.63, 3.8) is 0 Å². The lowest BCUT2D eigenvalue weighted by molar-refractivity contribution is 0.261. The molecule has 0 rings (SSSR count). The van der Waals surface area contributed by atoms with E-state index in [1.165, 1.54) is 14.2 Å². The summed E-state index contributed by atoms with van der Waals surface area (Å²) in [6.07, 6.45) is 0.451. The van der Waals surface area contributed by atoms with E-state index < -0.39 is 7.60 Å². The van der Waals surface area contributed by atoms with Gasteiger partial charge in [0.2, 0.25) is 0 Å². The van der Waals surface area contributed by atoms with Crippen LogP contribution in [0.1, 0.15) is 20.8 Å². The van der Waals surface area contributed by atoms with Crippen molar-refractivity contribution in [2.24, 2.45) is 5.41 Å². The Morgan fingerprint density at radius 2 is 1.55 bits per heavy atom. The Morgan fingerprint density at radius 3 is 1.64 bits per heavy atom. The molecular weight excluding hydrogens is 163 g/mol. The summed E-state index contributed by atoms with van der Waals surface area (Å²) in [6.45, 7) is 5.99. The second-order valence-corrected chi connectivity index (χ2v) is 5.96. The van der Waals surface area contributed by atoms with Crippen LogP contribution in [-0.2, 0) is 13.6 Å². The third kappa shape index (κ3) is 4.57. The lowest BCUT2D eigenvalue weighted by atomic mass is 10.0. The van der Waals surface area contributed by atoms with Gasteiger partial charge in [-0.05, 0) is 5.41 Å². The van der Waals surface area contributed by atoms with E-state index in [-0.39, 0.29) is 5.41 Å². The molecule has 0 amide bonds. The summed E-state index contributed by atoms with van der Waals surface area (Å²) in [5.41, 5.74) is -0.0262. The Labute approximate surface area is 68.6 Å². The molecular formula is C7H17O3P. The second-order valence-electron chi connectivity index (χ2n) is 3.69. The molecule has 4 heteroatoms. The molecule has 0 aliphatic heterocycles. The number of rotatable bonds is 3. The largest absolute Gasteiger partial charge is 0.330 e. The maximum absolute atomic E-state index is 11.5. The molecule has 0 unspecified atom stereocenters. The summed E-state index contributed by atoms with van der Waals surface area (Å²) in [5.74, 6) is 0. The fourth-order valence-corrected chi connectivity index (χ4v) is 2.35. The summed E-state index contributed by atoms with van der Waals surface area (Å²) in [5, 5.41) is 0. The van der Waals surface area contributed by atoms with E-state index in [1.807, 2.05) is 20.8 Å². The van der Waals surface area contributed by atoms with Gasteiger partial charge in [-0.1, -0.05) is 20.8 Å². The molecule has 0 saturated heterocycles. The molecule has 0 spiro atoms. The normalized spacial score (nSPS) is 13.5. The van der Waals surface area contributed by atoms with Gasteiger partial charge in [-0.2, -0.15) is 0 Å². The number of hydrogen-bond donors (Lipinski definition) is 0. The molecule has 0 N–H and O–H groups in total. The summed E-state index contributed by atoms with van der Waals surface area (Å²) in [7, 11) is 0.0228. The third-order valence-electron chi connectivity index (χ3n) is 1.22. The zero-order valence-corrected chi connectivity index (χ0v) is 8.77. The fraction of sp³-hybridized carbons (Fsp3) is 1.00. The zero-order valence-electron chi connectivity index (χ0n) is 7.88. The Kier molecular flexibility index (Phi) is 3.75. The first kappa shape index (κ1) is 11.2. The van der Waals surface area contributed by atoms with Crippen molar-refractivity contribution in [3.8, 4) is 0 Å². The first-order valence-electron chi connectivity index (χ1n) is 3.53. The average Bonchev–Trinajstić information content (AvgIpc) is 1.84. The average molecular weight is 180 g/mol. The van der Waals surface area contributed by atoms with Crippen LogP contribution in [0.4, 0.5) is 0 Å². The standard InChI is InChI=1S/C7H17O3P/c1-7(2,3)6-11(8,9-4)10-5/h6H2,1-5H3. The van der Waals surface area contributed by atoms with Crippen LogP contribution in [0.3, 0.4) is 0 Å². The van der Waals surface area contributed by atoms with Crippen molar-refractivity contribution in [3.05, 3.63) is 0 Å². The van der Waals surface area contributed by atoms with Crippen molar-refractivity contribution >= 4 is 7.60 Å². The molecule has 0 aromatic heterocycles. The smallest absolute Gasteiger partial charge is 0.312 e. The van der Waals surface area contributed by atoms with Gasteiger partial charge in [-0.3, -0.25) is 4.57 Å². The molecule has 0 aliphatic rings. The van der Waals surface area contributed by atoms with Gasteiger partial charge in [0, 0.05) is 14.2 Å². The number of hydrogen-bond acceptors (Lipinski definition) is 3. The minimum Gasteiger partial charge on any atom is -0.312 e. The lowest BCUT2D eigenvalue weighted by Gasteiger charge is -2.23. The summed E-state index contributed by atoms with van der Waals surface area (Å²) in [6, 6.07) is 0. The second kappa shape index (κ2) is 3.70. The molecule has 0 heterocycles. The van der Waals surface area contributed by atoms with E-state index in [0.29, 0.717) is 6.16 Å². The lowest BCUT2D eigenvalue weighted by Crippen LogP contribution is -2.13. The molecule has 68 valence electrons. The molecule has 0 atom stereocenters. The van der Waals surface area contributed by atoms with Crippen molar-refractivity contribution in [2.75, 3.05) is 20.4 Å². The van der Waals surface area contributed by atoms with Crippen LogP contribution in [0.25, 0.3) is 0 Å². The molecule has 0 fully saturated rings. The minimum absolute atomic E-state index is 0.0262. The maximum Gasteiger partial charge on any atom is 0.330 e. The van der Waals surface area contributed by atoms with Crippen LogP contribution in [0.15, 0.2) is 0 Å². The van der Waals surface area contributed by atoms with Crippen molar-refractivity contribution in [1.29, 1.82) is 0 Å². The van der Waals surface area contributed by atoms with E-state index in [1.54, 1.807) is 0 Å². The predicted molar refractivity (Wildman–Crippen MR) is 45.9 cm³/mol. The monoisotopic (exact) mass is 180 g/mol. The molecule has 0 bridgehead atoms. The van der Waals surface area contributed by atoms with Crippen molar-refractivity contribution in [2.45, 2.75) is 20.8 Å². The maximum atomic E-state index is 11.5. The van der Waals surface area contributed by atoms with E-state index in [9.17, 15) is 4.57 Å². The Bertz CT molecular complexity index is 152. The van der Waals surface area contributed by atoms with Crippen LogP contribution in [0.5, 0.6) is 0 Å². The summed E-state index contributed by atoms with van der Waals surface area (Å²) < 4.78 is 21.1. The highest BCUT2D eigenvalue weighted by Gasteiger charge is 2.28. The van der Waals surface area contributed by atoms with E-state index in [0.717, 1.165) is 0 Å². The molecule has 0 aromatic carbocycles.